The summed E-state index contributed by atoms with van der Waals surface area (Å²) in [5.41, 5.74) is -4.22. The first-order valence-electron chi connectivity index (χ1n) is 6.08. The second kappa shape index (κ2) is 6.13. The van der Waals surface area contributed by atoms with Crippen LogP contribution in [0.3, 0.4) is 0 Å². The summed E-state index contributed by atoms with van der Waals surface area (Å²) >= 11 is 0. The Bertz CT molecular complexity index is 539. The highest BCUT2D eigenvalue weighted by molar-refractivity contribution is 7.92. The summed E-state index contributed by atoms with van der Waals surface area (Å²) in [7, 11) is -5.06. The van der Waals surface area contributed by atoms with Crippen LogP contribution < -0.4 is 5.32 Å². The maximum absolute atomic E-state index is 12.2. The molecule has 0 amide bonds. The molecule has 5 nitrogen and oxygen atoms in total. The predicted octanol–water partition coefficient (Wildman–Crippen LogP) is 1.67. The quantitative estimate of drug-likeness (QED) is 0.867. The summed E-state index contributed by atoms with van der Waals surface area (Å²) in [6.45, 7) is 5.24. The Morgan fingerprint density at radius 2 is 2.00 bits per heavy atom. The summed E-state index contributed by atoms with van der Waals surface area (Å²) in [5.74, 6) is -0.967. The maximum atomic E-state index is 12.2. The van der Waals surface area contributed by atoms with Crippen molar-refractivity contribution in [1.82, 2.24) is 15.1 Å². The van der Waals surface area contributed by atoms with Crippen molar-refractivity contribution in [2.75, 3.05) is 12.3 Å². The number of halogens is 3. The van der Waals surface area contributed by atoms with Crippen LogP contribution in [-0.2, 0) is 9.84 Å². The molecule has 1 aromatic rings. The standard InChI is InChI=1S/C11H18F3N3O2S/c1-8-6-16-17(7-8)10(3)9(2)15-4-5-20(18,19)11(12,13)14/h6-7,9-10,15H,4-5H2,1-3H3/t9-,10-/m0/s1. The molecule has 0 spiro atoms. The minimum absolute atomic E-state index is 0.0997. The Morgan fingerprint density at radius 1 is 1.40 bits per heavy atom. The smallest absolute Gasteiger partial charge is 0.311 e. The van der Waals surface area contributed by atoms with Crippen LogP contribution in [0.5, 0.6) is 0 Å². The van der Waals surface area contributed by atoms with Crippen molar-refractivity contribution in [3.63, 3.8) is 0 Å². The minimum atomic E-state index is -5.19. The number of hydrogen-bond donors (Lipinski definition) is 1. The third kappa shape index (κ3) is 4.20. The molecule has 1 aromatic heterocycles. The highest BCUT2D eigenvalue weighted by Gasteiger charge is 2.44. The summed E-state index contributed by atoms with van der Waals surface area (Å²) < 4.78 is 59.9. The summed E-state index contributed by atoms with van der Waals surface area (Å²) in [6.07, 6.45) is 3.49. The maximum Gasteiger partial charge on any atom is 0.497 e. The number of nitrogens with one attached hydrogen (secondary N) is 1. The van der Waals surface area contributed by atoms with Crippen molar-refractivity contribution in [2.24, 2.45) is 0 Å². The van der Waals surface area contributed by atoms with Crippen LogP contribution in [-0.4, -0.2) is 42.0 Å². The number of alkyl halides is 3. The Kier molecular flexibility index (Phi) is 5.20. The van der Waals surface area contributed by atoms with Crippen LogP contribution in [0.4, 0.5) is 13.2 Å². The summed E-state index contributed by atoms with van der Waals surface area (Å²) in [5, 5.41) is 6.89. The van der Waals surface area contributed by atoms with E-state index in [0.717, 1.165) is 5.56 Å². The fraction of sp³-hybridized carbons (Fsp3) is 0.727. The van der Waals surface area contributed by atoms with Gasteiger partial charge in [0.05, 0.1) is 18.0 Å². The molecule has 20 heavy (non-hydrogen) atoms. The molecule has 0 unspecified atom stereocenters. The highest BCUT2D eigenvalue weighted by Crippen LogP contribution is 2.23. The van der Waals surface area contributed by atoms with Gasteiger partial charge in [0.2, 0.25) is 9.84 Å². The zero-order valence-electron chi connectivity index (χ0n) is 11.5. The van der Waals surface area contributed by atoms with Crippen LogP contribution in [0.15, 0.2) is 12.4 Å². The first-order chi connectivity index (χ1) is 9.04. The van der Waals surface area contributed by atoms with Gasteiger partial charge in [-0.3, -0.25) is 4.68 Å². The van der Waals surface area contributed by atoms with Crippen molar-refractivity contribution in [3.05, 3.63) is 18.0 Å². The average Bonchev–Trinajstić information content (AvgIpc) is 2.73. The normalized spacial score (nSPS) is 16.1. The molecule has 0 fully saturated rings. The molecule has 0 aliphatic rings. The van der Waals surface area contributed by atoms with Gasteiger partial charge < -0.3 is 5.32 Å². The van der Waals surface area contributed by atoms with E-state index < -0.39 is 21.1 Å². The molecule has 116 valence electrons. The van der Waals surface area contributed by atoms with Crippen LogP contribution >= 0.6 is 0 Å². The zero-order valence-corrected chi connectivity index (χ0v) is 12.3. The Labute approximate surface area is 116 Å². The lowest BCUT2D eigenvalue weighted by Gasteiger charge is -2.22. The number of nitrogens with zero attached hydrogens (tertiary/aromatic N) is 2. The van der Waals surface area contributed by atoms with E-state index in [1.165, 1.54) is 0 Å². The first-order valence-corrected chi connectivity index (χ1v) is 7.73. The molecule has 0 aliphatic heterocycles. The Morgan fingerprint density at radius 3 is 2.45 bits per heavy atom. The lowest BCUT2D eigenvalue weighted by molar-refractivity contribution is -0.0435. The van der Waals surface area contributed by atoms with Gasteiger partial charge in [0.1, 0.15) is 0 Å². The molecule has 0 radical (unpaired) electrons. The van der Waals surface area contributed by atoms with Crippen molar-refractivity contribution < 1.29 is 21.6 Å². The Hall–Kier alpha value is -1.09. The molecule has 0 bridgehead atoms. The number of rotatable bonds is 6. The van der Waals surface area contributed by atoms with Crippen molar-refractivity contribution in [3.8, 4) is 0 Å². The van der Waals surface area contributed by atoms with Crippen molar-refractivity contribution in [1.29, 1.82) is 0 Å². The third-order valence-electron chi connectivity index (χ3n) is 3.06. The molecule has 2 atom stereocenters. The largest absolute Gasteiger partial charge is 0.497 e. The Balaban J connectivity index is 2.50. The van der Waals surface area contributed by atoms with Gasteiger partial charge in [0.25, 0.3) is 0 Å². The highest BCUT2D eigenvalue weighted by atomic mass is 32.2. The molecule has 0 saturated carbocycles. The predicted molar refractivity (Wildman–Crippen MR) is 69.0 cm³/mol. The second-order valence-electron chi connectivity index (χ2n) is 4.75. The van der Waals surface area contributed by atoms with Gasteiger partial charge in [-0.15, -0.1) is 0 Å². The van der Waals surface area contributed by atoms with Gasteiger partial charge in [-0.25, -0.2) is 8.42 Å². The molecule has 9 heteroatoms. The van der Waals surface area contributed by atoms with E-state index in [1.807, 2.05) is 20.0 Å². The van der Waals surface area contributed by atoms with Crippen molar-refractivity contribution >= 4 is 9.84 Å². The van der Waals surface area contributed by atoms with Gasteiger partial charge in [0.15, 0.2) is 0 Å². The number of hydrogen-bond acceptors (Lipinski definition) is 4. The summed E-state index contributed by atoms with van der Waals surface area (Å²) in [6, 6.07) is -0.310. The zero-order chi connectivity index (χ0) is 15.6. The number of sulfone groups is 1. The topological polar surface area (TPSA) is 64.0 Å². The van der Waals surface area contributed by atoms with Gasteiger partial charge in [0, 0.05) is 18.8 Å². The van der Waals surface area contributed by atoms with Crippen LogP contribution in [0.25, 0.3) is 0 Å². The molecular weight excluding hydrogens is 295 g/mol. The SMILES string of the molecule is Cc1cnn([C@@H](C)[C@H](C)NCCS(=O)(=O)C(F)(F)F)c1. The van der Waals surface area contributed by atoms with E-state index >= 15 is 0 Å². The fourth-order valence-electron chi connectivity index (χ4n) is 1.59. The molecule has 1 rings (SSSR count). The molecule has 0 aromatic carbocycles. The average molecular weight is 313 g/mol. The van der Waals surface area contributed by atoms with Crippen LogP contribution in [0.1, 0.15) is 25.5 Å². The third-order valence-corrected chi connectivity index (χ3v) is 4.51. The van der Waals surface area contributed by atoms with Crippen LogP contribution in [0.2, 0.25) is 0 Å². The van der Waals surface area contributed by atoms with E-state index in [1.54, 1.807) is 17.8 Å². The molecular formula is C11H18F3N3O2S. The minimum Gasteiger partial charge on any atom is -0.311 e. The lowest BCUT2D eigenvalue weighted by atomic mass is 10.2. The van der Waals surface area contributed by atoms with Gasteiger partial charge in [-0.2, -0.15) is 18.3 Å². The van der Waals surface area contributed by atoms with E-state index in [2.05, 4.69) is 10.4 Å². The molecule has 1 heterocycles. The fourth-order valence-corrected chi connectivity index (χ4v) is 2.21. The van der Waals surface area contributed by atoms with Crippen LogP contribution in [0, 0.1) is 6.92 Å². The van der Waals surface area contributed by atoms with E-state index in [4.69, 9.17) is 0 Å². The number of aryl methyl sites for hydroxylation is 1. The van der Waals surface area contributed by atoms with Gasteiger partial charge in [-0.1, -0.05) is 0 Å². The molecule has 1 N–H and O–H groups in total. The molecule has 0 aliphatic carbocycles. The number of aromatic nitrogens is 2. The van der Waals surface area contributed by atoms with Gasteiger partial charge >= 0.3 is 5.51 Å². The van der Waals surface area contributed by atoms with Crippen molar-refractivity contribution in [2.45, 2.75) is 38.4 Å². The van der Waals surface area contributed by atoms with Gasteiger partial charge in [-0.05, 0) is 26.3 Å². The molecule has 0 saturated heterocycles. The monoisotopic (exact) mass is 313 g/mol. The van der Waals surface area contributed by atoms with E-state index in [0.29, 0.717) is 0 Å². The summed E-state index contributed by atoms with van der Waals surface area (Å²) in [4.78, 5) is 0. The second-order valence-corrected chi connectivity index (χ2v) is 6.85. The lowest BCUT2D eigenvalue weighted by Crippen LogP contribution is -2.39. The van der Waals surface area contributed by atoms with E-state index in [-0.39, 0.29) is 18.6 Å². The van der Waals surface area contributed by atoms with E-state index in [9.17, 15) is 21.6 Å². The first kappa shape index (κ1) is 17.0.